The number of piperidine rings is 1. The number of nitrogens with zero attached hydrogens (tertiary/aromatic N) is 2. The standard InChI is InChI=1S/C35H44N4O5/c1-6-25(7-2)36-34(41)37-26-12-19-31(32(23-26)42-5)43-29-17-13-27(14-18-29)38(3)33(40)24-10-15-30(16-11-24)44-35-21-8-9-28(20-22-35)39(35)4/h10-19,23,25,28H,6-9,20-22H2,1-5H3,(H2,36,37,41). The van der Waals surface area contributed by atoms with Crippen LogP contribution in [0.4, 0.5) is 16.2 Å². The molecule has 0 aromatic heterocycles. The van der Waals surface area contributed by atoms with Crippen molar-refractivity contribution in [3.63, 3.8) is 0 Å². The lowest BCUT2D eigenvalue weighted by molar-refractivity contribution is -0.0823. The van der Waals surface area contributed by atoms with E-state index < -0.39 is 0 Å². The van der Waals surface area contributed by atoms with Crippen LogP contribution in [0.5, 0.6) is 23.0 Å². The Morgan fingerprint density at radius 1 is 0.955 bits per heavy atom. The van der Waals surface area contributed by atoms with Gasteiger partial charge in [0.05, 0.1) is 7.11 Å². The predicted octanol–water partition coefficient (Wildman–Crippen LogP) is 7.43. The number of methoxy groups -OCH3 is 1. The highest BCUT2D eigenvalue weighted by molar-refractivity contribution is 6.05. The summed E-state index contributed by atoms with van der Waals surface area (Å²) in [4.78, 5) is 29.6. The maximum atomic E-state index is 13.3. The summed E-state index contributed by atoms with van der Waals surface area (Å²) in [6.45, 7) is 4.08. The Balaban J connectivity index is 1.19. The van der Waals surface area contributed by atoms with Crippen LogP contribution in [0.2, 0.25) is 0 Å². The largest absolute Gasteiger partial charge is 0.493 e. The second-order valence-electron chi connectivity index (χ2n) is 11.7. The van der Waals surface area contributed by atoms with Crippen molar-refractivity contribution in [3.8, 4) is 23.0 Å². The van der Waals surface area contributed by atoms with Crippen LogP contribution < -0.4 is 29.7 Å². The van der Waals surface area contributed by atoms with E-state index in [1.165, 1.54) is 19.3 Å². The van der Waals surface area contributed by atoms with Gasteiger partial charge in [-0.25, -0.2) is 4.79 Å². The van der Waals surface area contributed by atoms with Gasteiger partial charge in [0.1, 0.15) is 11.5 Å². The van der Waals surface area contributed by atoms with Gasteiger partial charge in [0.15, 0.2) is 17.2 Å². The molecule has 9 heteroatoms. The number of carbonyl (C=O) groups excluding carboxylic acids is 2. The second kappa shape index (κ2) is 13.6. The van der Waals surface area contributed by atoms with Gasteiger partial charge in [-0.15, -0.1) is 0 Å². The first-order valence-electron chi connectivity index (χ1n) is 15.6. The van der Waals surface area contributed by atoms with Crippen molar-refractivity contribution in [1.82, 2.24) is 10.2 Å². The van der Waals surface area contributed by atoms with Crippen molar-refractivity contribution in [2.75, 3.05) is 31.4 Å². The molecule has 3 amide bonds. The molecule has 2 fully saturated rings. The molecule has 2 saturated heterocycles. The summed E-state index contributed by atoms with van der Waals surface area (Å²) in [7, 11) is 5.48. The molecule has 0 spiro atoms. The summed E-state index contributed by atoms with van der Waals surface area (Å²) in [5.41, 5.74) is 1.70. The summed E-state index contributed by atoms with van der Waals surface area (Å²) in [6.07, 6.45) is 7.43. The van der Waals surface area contributed by atoms with Gasteiger partial charge in [-0.1, -0.05) is 13.8 Å². The maximum Gasteiger partial charge on any atom is 0.319 e. The number of urea groups is 1. The lowest BCUT2D eigenvalue weighted by atomic mass is 10.0. The number of nitrogens with one attached hydrogen (secondary N) is 2. The highest BCUT2D eigenvalue weighted by atomic mass is 16.5. The normalized spacial score (nSPS) is 19.4. The molecule has 5 rings (SSSR count). The molecule has 3 aromatic carbocycles. The van der Waals surface area contributed by atoms with Gasteiger partial charge in [0.25, 0.3) is 5.91 Å². The lowest BCUT2D eigenvalue weighted by Crippen LogP contribution is -2.51. The van der Waals surface area contributed by atoms with E-state index >= 15 is 0 Å². The molecule has 2 N–H and O–H groups in total. The second-order valence-corrected chi connectivity index (χ2v) is 11.7. The van der Waals surface area contributed by atoms with E-state index in [0.717, 1.165) is 37.1 Å². The average molecular weight is 601 g/mol. The summed E-state index contributed by atoms with van der Waals surface area (Å²) in [5.74, 6) is 2.26. The molecule has 44 heavy (non-hydrogen) atoms. The molecule has 3 aromatic rings. The third-order valence-electron chi connectivity index (χ3n) is 9.07. The molecule has 2 aliphatic heterocycles. The molecule has 2 heterocycles. The van der Waals surface area contributed by atoms with Crippen molar-refractivity contribution < 1.29 is 23.8 Å². The van der Waals surface area contributed by atoms with E-state index in [1.807, 2.05) is 50.2 Å². The number of carbonyl (C=O) groups is 2. The van der Waals surface area contributed by atoms with Gasteiger partial charge in [0.2, 0.25) is 0 Å². The Kier molecular flexibility index (Phi) is 9.64. The van der Waals surface area contributed by atoms with Gasteiger partial charge in [-0.3, -0.25) is 9.69 Å². The van der Waals surface area contributed by atoms with Gasteiger partial charge >= 0.3 is 6.03 Å². The molecule has 0 radical (unpaired) electrons. The molecule has 2 atom stereocenters. The molecule has 0 saturated carbocycles. The van der Waals surface area contributed by atoms with Crippen LogP contribution in [-0.4, -0.2) is 55.9 Å². The Labute approximate surface area is 260 Å². The van der Waals surface area contributed by atoms with Crippen LogP contribution in [0.15, 0.2) is 66.7 Å². The van der Waals surface area contributed by atoms with Crippen molar-refractivity contribution in [1.29, 1.82) is 0 Å². The number of hydrogen-bond donors (Lipinski definition) is 2. The molecular formula is C35H44N4O5. The highest BCUT2D eigenvalue weighted by Gasteiger charge is 2.48. The van der Waals surface area contributed by atoms with E-state index in [0.29, 0.717) is 34.5 Å². The first-order valence-corrected chi connectivity index (χ1v) is 15.6. The SMILES string of the molecule is CCC(CC)NC(=O)Nc1ccc(Oc2ccc(N(C)C(=O)c3ccc(OC45CCCC(CC4)N5C)cc3)cc2)c(OC)c1. The van der Waals surface area contributed by atoms with E-state index in [9.17, 15) is 9.59 Å². The van der Waals surface area contributed by atoms with Crippen LogP contribution in [0, 0.1) is 0 Å². The highest BCUT2D eigenvalue weighted by Crippen LogP contribution is 2.44. The minimum absolute atomic E-state index is 0.114. The van der Waals surface area contributed by atoms with Crippen LogP contribution in [0.3, 0.4) is 0 Å². The zero-order valence-electron chi connectivity index (χ0n) is 26.4. The summed E-state index contributed by atoms with van der Waals surface area (Å²) < 4.78 is 18.1. The van der Waals surface area contributed by atoms with Gasteiger partial charge in [0, 0.05) is 55.0 Å². The molecular weight excluding hydrogens is 556 g/mol. The number of ether oxygens (including phenoxy) is 3. The van der Waals surface area contributed by atoms with E-state index in [2.05, 4.69) is 22.6 Å². The van der Waals surface area contributed by atoms with Crippen LogP contribution in [0.25, 0.3) is 0 Å². The number of anilines is 2. The van der Waals surface area contributed by atoms with Crippen LogP contribution >= 0.6 is 0 Å². The van der Waals surface area contributed by atoms with Crippen LogP contribution in [-0.2, 0) is 0 Å². The molecule has 0 aliphatic carbocycles. The summed E-state index contributed by atoms with van der Waals surface area (Å²) in [5, 5.41) is 5.80. The Hall–Kier alpha value is -4.24. The molecule has 2 bridgehead atoms. The molecule has 234 valence electrons. The fourth-order valence-corrected chi connectivity index (χ4v) is 6.26. The molecule has 9 nitrogen and oxygen atoms in total. The Morgan fingerprint density at radius 2 is 1.66 bits per heavy atom. The first-order chi connectivity index (χ1) is 21.2. The number of rotatable bonds is 11. The van der Waals surface area contributed by atoms with E-state index in [-0.39, 0.29) is 23.7 Å². The Bertz CT molecular complexity index is 1440. The van der Waals surface area contributed by atoms with Gasteiger partial charge in [-0.2, -0.15) is 0 Å². The van der Waals surface area contributed by atoms with Gasteiger partial charge in [-0.05, 0) is 99.8 Å². The molecule has 2 unspecified atom stereocenters. The number of fused-ring (bicyclic) bond motifs is 2. The zero-order valence-corrected chi connectivity index (χ0v) is 26.4. The summed E-state index contributed by atoms with van der Waals surface area (Å²) >= 11 is 0. The third kappa shape index (κ3) is 6.78. The topological polar surface area (TPSA) is 92.4 Å². The van der Waals surface area contributed by atoms with Crippen molar-refractivity contribution in [2.24, 2.45) is 0 Å². The third-order valence-corrected chi connectivity index (χ3v) is 9.07. The average Bonchev–Trinajstić information content (AvgIpc) is 3.19. The fraction of sp³-hybridized carbons (Fsp3) is 0.429. The van der Waals surface area contributed by atoms with Crippen LogP contribution in [0.1, 0.15) is 69.2 Å². The zero-order chi connectivity index (χ0) is 31.3. The monoisotopic (exact) mass is 600 g/mol. The number of benzene rings is 3. The minimum atomic E-state index is -0.258. The smallest absolute Gasteiger partial charge is 0.319 e. The van der Waals surface area contributed by atoms with Crippen molar-refractivity contribution in [2.45, 2.75) is 76.6 Å². The quantitative estimate of drug-likeness (QED) is 0.238. The maximum absolute atomic E-state index is 13.3. The fourth-order valence-electron chi connectivity index (χ4n) is 6.26. The van der Waals surface area contributed by atoms with Crippen molar-refractivity contribution in [3.05, 3.63) is 72.3 Å². The van der Waals surface area contributed by atoms with E-state index in [1.54, 1.807) is 49.4 Å². The minimum Gasteiger partial charge on any atom is -0.493 e. The first kappa shape index (κ1) is 31.2. The molecule has 2 aliphatic rings. The van der Waals surface area contributed by atoms with Gasteiger partial charge < -0.3 is 29.7 Å². The Morgan fingerprint density at radius 3 is 2.34 bits per heavy atom. The number of hydrogen-bond acceptors (Lipinski definition) is 6. The predicted molar refractivity (Wildman–Crippen MR) is 173 cm³/mol. The van der Waals surface area contributed by atoms with E-state index in [4.69, 9.17) is 14.2 Å². The lowest BCUT2D eigenvalue weighted by Gasteiger charge is -2.42. The van der Waals surface area contributed by atoms with Crippen molar-refractivity contribution >= 4 is 23.3 Å². The number of amides is 3. The summed E-state index contributed by atoms with van der Waals surface area (Å²) in [6, 6.07) is 20.5.